The third-order valence-corrected chi connectivity index (χ3v) is 4.63. The zero-order valence-corrected chi connectivity index (χ0v) is 14.3. The molecule has 1 saturated heterocycles. The quantitative estimate of drug-likeness (QED) is 0.845. The van der Waals surface area contributed by atoms with Crippen LogP contribution in [0.4, 0.5) is 0 Å². The lowest BCUT2D eigenvalue weighted by atomic mass is 9.94. The van der Waals surface area contributed by atoms with E-state index >= 15 is 0 Å². The van der Waals surface area contributed by atoms with Crippen LogP contribution in [0.15, 0.2) is 30.6 Å². The van der Waals surface area contributed by atoms with Gasteiger partial charge in [0.25, 0.3) is 5.91 Å². The van der Waals surface area contributed by atoms with Crippen LogP contribution in [0.3, 0.4) is 0 Å². The highest BCUT2D eigenvalue weighted by molar-refractivity contribution is 5.94. The molecule has 1 amide bonds. The second-order valence-electron chi connectivity index (χ2n) is 6.23. The van der Waals surface area contributed by atoms with E-state index in [-0.39, 0.29) is 5.91 Å². The van der Waals surface area contributed by atoms with Crippen molar-refractivity contribution in [2.45, 2.75) is 32.7 Å². The molecule has 1 unspecified atom stereocenters. The van der Waals surface area contributed by atoms with E-state index in [2.05, 4.69) is 21.7 Å². The van der Waals surface area contributed by atoms with Crippen molar-refractivity contribution < 1.29 is 9.53 Å². The van der Waals surface area contributed by atoms with Gasteiger partial charge in [0.15, 0.2) is 0 Å². The predicted octanol–water partition coefficient (Wildman–Crippen LogP) is 2.40. The Hall–Kier alpha value is -2.37. The summed E-state index contributed by atoms with van der Waals surface area (Å²) >= 11 is 0. The lowest BCUT2D eigenvalue weighted by molar-refractivity contribution is 0.0671. The molecule has 0 spiro atoms. The van der Waals surface area contributed by atoms with Gasteiger partial charge in [0.2, 0.25) is 0 Å². The Bertz CT molecular complexity index is 698. The average molecular weight is 328 g/mol. The topological polar surface area (TPSA) is 60.2 Å². The Kier molecular flexibility index (Phi) is 5.13. The molecule has 24 heavy (non-hydrogen) atoms. The van der Waals surface area contributed by atoms with Crippen molar-refractivity contribution in [3.05, 3.63) is 42.0 Å². The first-order valence-electron chi connectivity index (χ1n) is 8.51. The minimum absolute atomic E-state index is 0.0792. The highest BCUT2D eigenvalue weighted by atomic mass is 16.5. The normalized spacial score (nSPS) is 17.8. The number of methoxy groups -OCH3 is 1. The Morgan fingerprint density at radius 3 is 3.08 bits per heavy atom. The van der Waals surface area contributed by atoms with Crippen molar-refractivity contribution in [2.24, 2.45) is 5.92 Å². The fraction of sp³-hybridized carbons (Fsp3) is 0.500. The van der Waals surface area contributed by atoms with Crippen LogP contribution in [0, 0.1) is 5.92 Å². The van der Waals surface area contributed by atoms with Gasteiger partial charge < -0.3 is 14.2 Å². The third-order valence-electron chi connectivity index (χ3n) is 4.63. The van der Waals surface area contributed by atoms with Gasteiger partial charge in [-0.25, -0.2) is 0 Å². The minimum atomic E-state index is 0.0792. The molecule has 6 heteroatoms. The van der Waals surface area contributed by atoms with Crippen molar-refractivity contribution in [2.75, 3.05) is 20.2 Å². The molecule has 2 aromatic rings. The molecule has 2 heterocycles. The molecule has 1 fully saturated rings. The SMILES string of the molecule is CCn1cnnc1CC1CCCN(C(=O)c2cccc(OC)c2)C1. The lowest BCUT2D eigenvalue weighted by Gasteiger charge is -2.32. The Morgan fingerprint density at radius 2 is 2.29 bits per heavy atom. The number of aromatic nitrogens is 3. The number of hydrogen-bond donors (Lipinski definition) is 0. The van der Waals surface area contributed by atoms with E-state index in [0.29, 0.717) is 17.2 Å². The van der Waals surface area contributed by atoms with E-state index in [4.69, 9.17) is 4.74 Å². The first-order valence-corrected chi connectivity index (χ1v) is 8.51. The Balaban J connectivity index is 1.67. The zero-order chi connectivity index (χ0) is 16.9. The summed E-state index contributed by atoms with van der Waals surface area (Å²) in [7, 11) is 1.62. The minimum Gasteiger partial charge on any atom is -0.497 e. The van der Waals surface area contributed by atoms with Crippen LogP contribution in [0.5, 0.6) is 5.75 Å². The van der Waals surface area contributed by atoms with E-state index in [1.54, 1.807) is 19.5 Å². The van der Waals surface area contributed by atoms with Gasteiger partial charge in [-0.1, -0.05) is 6.07 Å². The summed E-state index contributed by atoms with van der Waals surface area (Å²) in [6.45, 7) is 4.55. The molecule has 6 nitrogen and oxygen atoms in total. The van der Waals surface area contributed by atoms with E-state index in [9.17, 15) is 4.79 Å². The van der Waals surface area contributed by atoms with Crippen LogP contribution in [0.2, 0.25) is 0 Å². The molecule has 128 valence electrons. The molecular formula is C18H24N4O2. The van der Waals surface area contributed by atoms with Crippen molar-refractivity contribution in [1.29, 1.82) is 0 Å². The second-order valence-corrected chi connectivity index (χ2v) is 6.23. The summed E-state index contributed by atoms with van der Waals surface area (Å²) in [6.07, 6.45) is 4.80. The number of piperidine rings is 1. The van der Waals surface area contributed by atoms with E-state index < -0.39 is 0 Å². The molecule has 1 aliphatic heterocycles. The molecule has 1 aliphatic rings. The number of amides is 1. The number of ether oxygens (including phenoxy) is 1. The Labute approximate surface area is 142 Å². The van der Waals surface area contributed by atoms with Crippen molar-refractivity contribution in [3.8, 4) is 5.75 Å². The van der Waals surface area contributed by atoms with Crippen molar-refractivity contribution in [1.82, 2.24) is 19.7 Å². The molecule has 1 atom stereocenters. The van der Waals surface area contributed by atoms with Gasteiger partial charge in [-0.15, -0.1) is 10.2 Å². The van der Waals surface area contributed by atoms with Gasteiger partial charge in [0.05, 0.1) is 7.11 Å². The van der Waals surface area contributed by atoms with Crippen LogP contribution in [-0.4, -0.2) is 45.8 Å². The number of nitrogens with zero attached hydrogens (tertiary/aromatic N) is 4. The molecular weight excluding hydrogens is 304 g/mol. The number of likely N-dealkylation sites (tertiary alicyclic amines) is 1. The summed E-state index contributed by atoms with van der Waals surface area (Å²) in [5.74, 6) is 2.24. The summed E-state index contributed by atoms with van der Waals surface area (Å²) in [6, 6.07) is 7.37. The molecule has 0 saturated carbocycles. The maximum atomic E-state index is 12.8. The maximum absolute atomic E-state index is 12.8. The summed E-state index contributed by atoms with van der Waals surface area (Å²) < 4.78 is 7.29. The first kappa shape index (κ1) is 16.5. The monoisotopic (exact) mass is 328 g/mol. The van der Waals surface area contributed by atoms with Gasteiger partial charge in [-0.05, 0) is 43.9 Å². The van der Waals surface area contributed by atoms with E-state index in [1.807, 2.05) is 23.1 Å². The molecule has 0 radical (unpaired) electrons. The zero-order valence-electron chi connectivity index (χ0n) is 14.3. The molecule has 0 N–H and O–H groups in total. The highest BCUT2D eigenvalue weighted by Crippen LogP contribution is 2.23. The first-order chi connectivity index (χ1) is 11.7. The largest absolute Gasteiger partial charge is 0.497 e. The van der Waals surface area contributed by atoms with Crippen LogP contribution in [-0.2, 0) is 13.0 Å². The second kappa shape index (κ2) is 7.47. The van der Waals surface area contributed by atoms with E-state index in [1.165, 1.54) is 0 Å². The van der Waals surface area contributed by atoms with Gasteiger partial charge in [-0.3, -0.25) is 4.79 Å². The van der Waals surface area contributed by atoms with Crippen LogP contribution < -0.4 is 4.74 Å². The van der Waals surface area contributed by atoms with Gasteiger partial charge >= 0.3 is 0 Å². The summed E-state index contributed by atoms with van der Waals surface area (Å²) in [5.41, 5.74) is 0.687. The summed E-state index contributed by atoms with van der Waals surface area (Å²) in [4.78, 5) is 14.7. The van der Waals surface area contributed by atoms with Gasteiger partial charge in [0.1, 0.15) is 17.9 Å². The van der Waals surface area contributed by atoms with E-state index in [0.717, 1.165) is 44.7 Å². The van der Waals surface area contributed by atoms with Crippen molar-refractivity contribution >= 4 is 5.91 Å². The fourth-order valence-corrected chi connectivity index (χ4v) is 3.31. The number of hydrogen-bond acceptors (Lipinski definition) is 4. The molecule has 3 rings (SSSR count). The highest BCUT2D eigenvalue weighted by Gasteiger charge is 2.26. The number of rotatable bonds is 5. The molecule has 1 aromatic carbocycles. The number of carbonyl (C=O) groups excluding carboxylic acids is 1. The third kappa shape index (κ3) is 3.58. The van der Waals surface area contributed by atoms with Gasteiger partial charge in [-0.2, -0.15) is 0 Å². The average Bonchev–Trinajstić information content (AvgIpc) is 3.08. The number of carbonyl (C=O) groups is 1. The van der Waals surface area contributed by atoms with Crippen LogP contribution in [0.25, 0.3) is 0 Å². The summed E-state index contributed by atoms with van der Waals surface area (Å²) in [5, 5.41) is 8.22. The fourth-order valence-electron chi connectivity index (χ4n) is 3.31. The maximum Gasteiger partial charge on any atom is 0.253 e. The number of aryl methyl sites for hydroxylation is 1. The van der Waals surface area contributed by atoms with Crippen molar-refractivity contribution in [3.63, 3.8) is 0 Å². The van der Waals surface area contributed by atoms with Crippen LogP contribution >= 0.6 is 0 Å². The smallest absolute Gasteiger partial charge is 0.253 e. The van der Waals surface area contributed by atoms with Crippen LogP contribution in [0.1, 0.15) is 35.9 Å². The molecule has 0 aliphatic carbocycles. The lowest BCUT2D eigenvalue weighted by Crippen LogP contribution is -2.40. The molecule has 1 aromatic heterocycles. The standard InChI is InChI=1S/C18H24N4O2/c1-3-21-13-19-20-17(21)10-14-6-5-9-22(12-14)18(23)15-7-4-8-16(11-15)24-2/h4,7-8,11,13-14H,3,5-6,9-10,12H2,1-2H3. The Morgan fingerprint density at radius 1 is 1.42 bits per heavy atom. The number of benzene rings is 1. The van der Waals surface area contributed by atoms with Gasteiger partial charge in [0, 0.05) is 31.6 Å². The molecule has 0 bridgehead atoms. The predicted molar refractivity (Wildman–Crippen MR) is 91.0 cm³/mol.